The Hall–Kier alpha value is -0.250. The fraction of sp³-hybridized carbons (Fsp3) is 1.00. The van der Waals surface area contributed by atoms with Crippen molar-refractivity contribution in [2.75, 3.05) is 0 Å². The molecular weight excluding hydrogens is 239 g/mol. The molecule has 0 saturated carbocycles. The van der Waals surface area contributed by atoms with Crippen LogP contribution < -0.4 is 5.32 Å². The first-order chi connectivity index (χ1) is 8.30. The number of unbranched alkanes of at least 4 members (excludes halogenated alkanes) is 2. The summed E-state index contributed by atoms with van der Waals surface area (Å²) in [5.41, 5.74) is -0.339. The summed E-state index contributed by atoms with van der Waals surface area (Å²) < 4.78 is 38.8. The second-order valence-corrected chi connectivity index (χ2v) is 5.97. The second kappa shape index (κ2) is 6.27. The summed E-state index contributed by atoms with van der Waals surface area (Å²) >= 11 is 0. The summed E-state index contributed by atoms with van der Waals surface area (Å²) in [6.07, 6.45) is 1.92. The number of rotatable bonds is 5. The normalized spacial score (nSPS) is 33.7. The first-order valence-electron chi connectivity index (χ1n) is 7.15. The summed E-state index contributed by atoms with van der Waals surface area (Å²) in [6, 6.07) is -1.32. The van der Waals surface area contributed by atoms with Crippen LogP contribution >= 0.6 is 0 Å². The van der Waals surface area contributed by atoms with Gasteiger partial charge in [0.25, 0.3) is 0 Å². The molecular formula is C14H26F3N. The molecule has 3 atom stereocenters. The molecule has 1 aliphatic heterocycles. The maximum atomic E-state index is 12.9. The van der Waals surface area contributed by atoms with E-state index in [0.717, 1.165) is 38.5 Å². The topological polar surface area (TPSA) is 12.0 Å². The summed E-state index contributed by atoms with van der Waals surface area (Å²) in [7, 11) is 0. The molecule has 0 bridgehead atoms. The smallest absolute Gasteiger partial charge is 0.301 e. The summed E-state index contributed by atoms with van der Waals surface area (Å²) in [4.78, 5) is 0. The van der Waals surface area contributed by atoms with E-state index in [4.69, 9.17) is 0 Å². The molecule has 0 amide bonds. The van der Waals surface area contributed by atoms with Crippen LogP contribution in [0.3, 0.4) is 0 Å². The van der Waals surface area contributed by atoms with Gasteiger partial charge in [0.05, 0.1) is 0 Å². The van der Waals surface area contributed by atoms with Gasteiger partial charge in [-0.2, -0.15) is 13.2 Å². The molecule has 1 N–H and O–H groups in total. The van der Waals surface area contributed by atoms with E-state index in [1.165, 1.54) is 0 Å². The van der Waals surface area contributed by atoms with Crippen molar-refractivity contribution in [2.45, 2.75) is 83.5 Å². The number of nitrogens with one attached hydrogen (secondary N) is 1. The third-order valence-corrected chi connectivity index (χ3v) is 4.14. The van der Waals surface area contributed by atoms with Gasteiger partial charge in [0, 0.05) is 5.54 Å². The molecule has 1 saturated heterocycles. The first kappa shape index (κ1) is 15.8. The van der Waals surface area contributed by atoms with Gasteiger partial charge in [-0.25, -0.2) is 0 Å². The number of hydrogen-bond acceptors (Lipinski definition) is 1. The maximum absolute atomic E-state index is 12.9. The zero-order valence-corrected chi connectivity index (χ0v) is 11.7. The monoisotopic (exact) mass is 265 g/mol. The number of hydrogen-bond donors (Lipinski definition) is 1. The molecule has 0 radical (unpaired) electrons. The van der Waals surface area contributed by atoms with Gasteiger partial charge < -0.3 is 5.32 Å². The predicted octanol–water partition coefficient (Wildman–Crippen LogP) is 4.67. The zero-order valence-electron chi connectivity index (χ0n) is 11.7. The van der Waals surface area contributed by atoms with Gasteiger partial charge in [-0.3, -0.25) is 0 Å². The fourth-order valence-corrected chi connectivity index (χ4v) is 3.06. The van der Waals surface area contributed by atoms with Gasteiger partial charge in [0.2, 0.25) is 0 Å². The molecule has 18 heavy (non-hydrogen) atoms. The molecule has 1 heterocycles. The highest BCUT2D eigenvalue weighted by atomic mass is 19.4. The van der Waals surface area contributed by atoms with Crippen molar-refractivity contribution in [3.05, 3.63) is 0 Å². The van der Waals surface area contributed by atoms with Crippen molar-refractivity contribution in [2.24, 2.45) is 5.92 Å². The lowest BCUT2D eigenvalue weighted by Crippen LogP contribution is -2.59. The Morgan fingerprint density at radius 3 is 2.39 bits per heavy atom. The summed E-state index contributed by atoms with van der Waals surface area (Å²) in [5.74, 6) is 0.199. The quantitative estimate of drug-likeness (QED) is 0.712. The van der Waals surface area contributed by atoms with E-state index in [9.17, 15) is 13.2 Å². The van der Waals surface area contributed by atoms with Gasteiger partial charge in [-0.15, -0.1) is 0 Å². The Labute approximate surface area is 109 Å². The average molecular weight is 265 g/mol. The molecule has 108 valence electrons. The molecule has 0 aromatic heterocycles. The number of halogens is 3. The SMILES string of the molecule is CCCCCC1(C)CC(CC)CC(C(F)(F)F)N1. The van der Waals surface area contributed by atoms with Gasteiger partial charge in [-0.05, 0) is 32.1 Å². The first-order valence-corrected chi connectivity index (χ1v) is 7.15. The van der Waals surface area contributed by atoms with Crippen LogP contribution in [-0.2, 0) is 0 Å². The second-order valence-electron chi connectivity index (χ2n) is 5.97. The molecule has 1 fully saturated rings. The average Bonchev–Trinajstić information content (AvgIpc) is 2.27. The minimum atomic E-state index is -4.11. The third kappa shape index (κ3) is 4.45. The lowest BCUT2D eigenvalue weighted by atomic mass is 9.76. The fourth-order valence-electron chi connectivity index (χ4n) is 3.06. The van der Waals surface area contributed by atoms with E-state index < -0.39 is 12.2 Å². The Bertz CT molecular complexity index is 252. The Morgan fingerprint density at radius 2 is 1.89 bits per heavy atom. The van der Waals surface area contributed by atoms with E-state index in [1.54, 1.807) is 0 Å². The van der Waals surface area contributed by atoms with E-state index in [-0.39, 0.29) is 17.9 Å². The van der Waals surface area contributed by atoms with Crippen molar-refractivity contribution in [3.8, 4) is 0 Å². The van der Waals surface area contributed by atoms with Crippen LogP contribution in [-0.4, -0.2) is 17.8 Å². The van der Waals surface area contributed by atoms with Crippen molar-refractivity contribution in [3.63, 3.8) is 0 Å². The summed E-state index contributed by atoms with van der Waals surface area (Å²) in [6.45, 7) is 6.07. The highest BCUT2D eigenvalue weighted by Crippen LogP contribution is 2.38. The summed E-state index contributed by atoms with van der Waals surface area (Å²) in [5, 5.41) is 2.87. The largest absolute Gasteiger partial charge is 0.403 e. The molecule has 1 nitrogen and oxygen atoms in total. The Balaban J connectivity index is 2.66. The molecule has 0 aromatic rings. The van der Waals surface area contributed by atoms with E-state index >= 15 is 0 Å². The molecule has 3 unspecified atom stereocenters. The van der Waals surface area contributed by atoms with Gasteiger partial charge >= 0.3 is 6.18 Å². The molecule has 1 aliphatic rings. The minimum Gasteiger partial charge on any atom is -0.301 e. The van der Waals surface area contributed by atoms with Crippen LogP contribution in [0.15, 0.2) is 0 Å². The predicted molar refractivity (Wildman–Crippen MR) is 68.5 cm³/mol. The van der Waals surface area contributed by atoms with E-state index in [2.05, 4.69) is 12.2 Å². The molecule has 4 heteroatoms. The van der Waals surface area contributed by atoms with Crippen LogP contribution in [0.1, 0.15) is 65.7 Å². The molecule has 1 rings (SSSR count). The van der Waals surface area contributed by atoms with Crippen molar-refractivity contribution >= 4 is 0 Å². The molecule has 0 aromatic carbocycles. The number of alkyl halides is 3. The molecule has 0 aliphatic carbocycles. The van der Waals surface area contributed by atoms with Crippen LogP contribution in [0.4, 0.5) is 13.2 Å². The van der Waals surface area contributed by atoms with Crippen LogP contribution in [0.25, 0.3) is 0 Å². The van der Waals surface area contributed by atoms with Gasteiger partial charge in [-0.1, -0.05) is 39.5 Å². The van der Waals surface area contributed by atoms with Crippen molar-refractivity contribution < 1.29 is 13.2 Å². The highest BCUT2D eigenvalue weighted by Gasteiger charge is 2.47. The van der Waals surface area contributed by atoms with Crippen LogP contribution in [0.2, 0.25) is 0 Å². The zero-order chi connectivity index (χ0) is 13.8. The van der Waals surface area contributed by atoms with E-state index in [1.807, 2.05) is 13.8 Å². The third-order valence-electron chi connectivity index (χ3n) is 4.14. The highest BCUT2D eigenvalue weighted by molar-refractivity contribution is 4.96. The van der Waals surface area contributed by atoms with Gasteiger partial charge in [0.1, 0.15) is 6.04 Å². The standard InChI is InChI=1S/C14H26F3N/c1-4-6-7-8-13(3)10-11(5-2)9-12(18-13)14(15,16)17/h11-12,18H,4-10H2,1-3H3. The van der Waals surface area contributed by atoms with Crippen LogP contribution in [0, 0.1) is 5.92 Å². The van der Waals surface area contributed by atoms with Crippen LogP contribution in [0.5, 0.6) is 0 Å². The Morgan fingerprint density at radius 1 is 1.22 bits per heavy atom. The van der Waals surface area contributed by atoms with E-state index in [0.29, 0.717) is 0 Å². The van der Waals surface area contributed by atoms with Crippen molar-refractivity contribution in [1.82, 2.24) is 5.32 Å². The minimum absolute atomic E-state index is 0.199. The lowest BCUT2D eigenvalue weighted by molar-refractivity contribution is -0.172. The number of piperidine rings is 1. The Kier molecular flexibility index (Phi) is 5.50. The lowest BCUT2D eigenvalue weighted by Gasteiger charge is -2.44. The molecule has 0 spiro atoms. The maximum Gasteiger partial charge on any atom is 0.403 e. The van der Waals surface area contributed by atoms with Gasteiger partial charge in [0.15, 0.2) is 0 Å². The van der Waals surface area contributed by atoms with Crippen molar-refractivity contribution in [1.29, 1.82) is 0 Å².